The molecule has 1 fully saturated rings. The maximum Gasteiger partial charge on any atom is 0.237 e. The van der Waals surface area contributed by atoms with Crippen molar-refractivity contribution in [3.05, 3.63) is 29.3 Å². The summed E-state index contributed by atoms with van der Waals surface area (Å²) in [6.45, 7) is 1.46. The second kappa shape index (κ2) is 5.44. The van der Waals surface area contributed by atoms with Gasteiger partial charge in [-0.15, -0.1) is 0 Å². The fourth-order valence-electron chi connectivity index (χ4n) is 2.55. The Morgan fingerprint density at radius 2 is 1.90 bits per heavy atom. The van der Waals surface area contributed by atoms with Crippen molar-refractivity contribution < 1.29 is 13.6 Å². The molecule has 1 aromatic carbocycles. The molecule has 0 unspecified atom stereocenters. The van der Waals surface area contributed by atoms with Crippen molar-refractivity contribution in [2.24, 2.45) is 11.1 Å². The van der Waals surface area contributed by atoms with Crippen LogP contribution in [0.4, 0.5) is 14.5 Å². The number of anilines is 1. The molecule has 0 aliphatic heterocycles. The topological polar surface area (TPSA) is 55.1 Å². The zero-order valence-electron chi connectivity index (χ0n) is 11.1. The van der Waals surface area contributed by atoms with Gasteiger partial charge < -0.3 is 11.1 Å². The average Bonchev–Trinajstić information content (AvgIpc) is 2.86. The number of thiocarbonyl (C=S) groups is 1. The van der Waals surface area contributed by atoms with Crippen molar-refractivity contribution in [3.63, 3.8) is 0 Å². The smallest absolute Gasteiger partial charge is 0.237 e. The van der Waals surface area contributed by atoms with Crippen LogP contribution in [-0.4, -0.2) is 10.9 Å². The Morgan fingerprint density at radius 3 is 2.45 bits per heavy atom. The molecule has 108 valence electrons. The summed E-state index contributed by atoms with van der Waals surface area (Å²) < 4.78 is 27.2. The van der Waals surface area contributed by atoms with Crippen LogP contribution in [0.2, 0.25) is 0 Å². The molecule has 1 amide bonds. The number of hydrogen-bond acceptors (Lipinski definition) is 2. The Balaban J connectivity index is 2.27. The molecule has 0 aromatic heterocycles. The van der Waals surface area contributed by atoms with Crippen LogP contribution in [0.3, 0.4) is 0 Å². The molecule has 20 heavy (non-hydrogen) atoms. The van der Waals surface area contributed by atoms with Crippen molar-refractivity contribution in [2.75, 3.05) is 5.32 Å². The molecule has 3 N–H and O–H groups in total. The highest BCUT2D eigenvalue weighted by Crippen LogP contribution is 2.39. The number of nitrogens with two attached hydrogens (primary N) is 1. The molecule has 0 radical (unpaired) electrons. The molecule has 0 atom stereocenters. The zero-order valence-corrected chi connectivity index (χ0v) is 11.9. The molecule has 3 nitrogen and oxygen atoms in total. The first kappa shape index (κ1) is 14.8. The highest BCUT2D eigenvalue weighted by atomic mass is 32.1. The highest BCUT2D eigenvalue weighted by Gasteiger charge is 2.44. The Hall–Kier alpha value is -1.56. The molecule has 1 aliphatic carbocycles. The van der Waals surface area contributed by atoms with Gasteiger partial charge in [0.2, 0.25) is 5.91 Å². The maximum atomic E-state index is 13.8. The lowest BCUT2D eigenvalue weighted by Gasteiger charge is -2.26. The fourth-order valence-corrected chi connectivity index (χ4v) is 2.84. The quantitative estimate of drug-likeness (QED) is 0.843. The number of nitrogens with one attached hydrogen (secondary N) is 1. The molecule has 2 rings (SSSR count). The summed E-state index contributed by atoms with van der Waals surface area (Å²) in [6, 6.07) is 2.03. The molecule has 1 saturated carbocycles. The predicted molar refractivity (Wildman–Crippen MR) is 77.4 cm³/mol. The third kappa shape index (κ3) is 2.52. The van der Waals surface area contributed by atoms with E-state index in [-0.39, 0.29) is 16.2 Å². The van der Waals surface area contributed by atoms with Gasteiger partial charge in [-0.25, -0.2) is 8.78 Å². The summed E-state index contributed by atoms with van der Waals surface area (Å²) >= 11 is 4.99. The van der Waals surface area contributed by atoms with Gasteiger partial charge in [0.25, 0.3) is 0 Å². The van der Waals surface area contributed by atoms with Crippen LogP contribution < -0.4 is 11.1 Å². The lowest BCUT2D eigenvalue weighted by atomic mass is 9.85. The largest absolute Gasteiger partial charge is 0.392 e. The van der Waals surface area contributed by atoms with Gasteiger partial charge in [0, 0.05) is 6.07 Å². The van der Waals surface area contributed by atoms with Crippen LogP contribution in [0.5, 0.6) is 0 Å². The third-order valence-electron chi connectivity index (χ3n) is 3.86. The Morgan fingerprint density at radius 1 is 1.30 bits per heavy atom. The standard InChI is InChI=1S/C14H16F2N2OS/c1-8-6-10(16)11(7-9(8)15)18-13(19)14(12(17)20)4-2-3-5-14/h6-7H,2-5H2,1H3,(H2,17,20)(H,18,19). The number of carbonyl (C=O) groups is 1. The minimum absolute atomic E-state index is 0.112. The van der Waals surface area contributed by atoms with E-state index in [2.05, 4.69) is 5.32 Å². The lowest BCUT2D eigenvalue weighted by molar-refractivity contribution is -0.122. The van der Waals surface area contributed by atoms with Crippen LogP contribution in [-0.2, 0) is 4.79 Å². The van der Waals surface area contributed by atoms with Gasteiger partial charge in [-0.3, -0.25) is 4.79 Å². The number of rotatable bonds is 3. The van der Waals surface area contributed by atoms with Gasteiger partial charge in [-0.05, 0) is 31.4 Å². The van der Waals surface area contributed by atoms with Gasteiger partial charge in [0.15, 0.2) is 0 Å². The normalized spacial score (nSPS) is 16.9. The Bertz CT molecular complexity index is 569. The summed E-state index contributed by atoms with van der Waals surface area (Å²) in [5, 5.41) is 2.42. The van der Waals surface area contributed by atoms with Gasteiger partial charge in [0.1, 0.15) is 11.6 Å². The number of amides is 1. The third-order valence-corrected chi connectivity index (χ3v) is 4.25. The van der Waals surface area contributed by atoms with Crippen LogP contribution in [0.25, 0.3) is 0 Å². The first-order chi connectivity index (χ1) is 9.36. The molecule has 0 saturated heterocycles. The molecule has 1 aromatic rings. The van der Waals surface area contributed by atoms with Crippen LogP contribution >= 0.6 is 12.2 Å². The van der Waals surface area contributed by atoms with Gasteiger partial charge in [-0.1, -0.05) is 25.1 Å². The van der Waals surface area contributed by atoms with Crippen LogP contribution in [0.1, 0.15) is 31.2 Å². The van der Waals surface area contributed by atoms with Crippen molar-refractivity contribution in [2.45, 2.75) is 32.6 Å². The van der Waals surface area contributed by atoms with Gasteiger partial charge >= 0.3 is 0 Å². The first-order valence-corrected chi connectivity index (χ1v) is 6.84. The minimum Gasteiger partial charge on any atom is -0.392 e. The lowest BCUT2D eigenvalue weighted by Crippen LogP contribution is -2.44. The van der Waals surface area contributed by atoms with Gasteiger partial charge in [0.05, 0.1) is 16.1 Å². The van der Waals surface area contributed by atoms with E-state index < -0.39 is 23.0 Å². The molecular weight excluding hydrogens is 282 g/mol. The molecule has 0 spiro atoms. The summed E-state index contributed by atoms with van der Waals surface area (Å²) in [5.41, 5.74) is 4.75. The monoisotopic (exact) mass is 298 g/mol. The SMILES string of the molecule is Cc1cc(F)c(NC(=O)C2(C(N)=S)CCCC2)cc1F. The second-order valence-corrected chi connectivity index (χ2v) is 5.63. The zero-order chi connectivity index (χ0) is 14.9. The van der Waals surface area contributed by atoms with E-state index in [9.17, 15) is 13.6 Å². The van der Waals surface area contributed by atoms with E-state index in [1.54, 1.807) is 0 Å². The van der Waals surface area contributed by atoms with E-state index in [0.717, 1.165) is 25.0 Å². The number of carbonyl (C=O) groups excluding carboxylic acids is 1. The predicted octanol–water partition coefficient (Wildman–Crippen LogP) is 3.06. The molecule has 0 bridgehead atoms. The molecule has 6 heteroatoms. The first-order valence-electron chi connectivity index (χ1n) is 6.44. The molecular formula is C14H16F2N2OS. The van der Waals surface area contributed by atoms with Crippen LogP contribution in [0, 0.1) is 24.0 Å². The van der Waals surface area contributed by atoms with E-state index >= 15 is 0 Å². The van der Waals surface area contributed by atoms with Gasteiger partial charge in [-0.2, -0.15) is 0 Å². The Labute approximate surface area is 121 Å². The summed E-state index contributed by atoms with van der Waals surface area (Å²) in [5.74, 6) is -1.70. The number of hydrogen-bond donors (Lipinski definition) is 2. The van der Waals surface area contributed by atoms with E-state index in [1.165, 1.54) is 6.92 Å². The van der Waals surface area contributed by atoms with Crippen molar-refractivity contribution in [3.8, 4) is 0 Å². The van der Waals surface area contributed by atoms with E-state index in [0.29, 0.717) is 12.8 Å². The van der Waals surface area contributed by atoms with Crippen molar-refractivity contribution >= 4 is 28.8 Å². The Kier molecular flexibility index (Phi) is 4.04. The molecule has 0 heterocycles. The summed E-state index contributed by atoms with van der Waals surface area (Å²) in [6.07, 6.45) is 2.78. The number of aryl methyl sites for hydroxylation is 1. The van der Waals surface area contributed by atoms with E-state index in [1.807, 2.05) is 0 Å². The van der Waals surface area contributed by atoms with Crippen LogP contribution in [0.15, 0.2) is 12.1 Å². The van der Waals surface area contributed by atoms with E-state index in [4.69, 9.17) is 18.0 Å². The fraction of sp³-hybridized carbons (Fsp3) is 0.429. The minimum atomic E-state index is -0.941. The average molecular weight is 298 g/mol. The van der Waals surface area contributed by atoms with Crippen molar-refractivity contribution in [1.82, 2.24) is 0 Å². The number of halogens is 2. The highest BCUT2D eigenvalue weighted by molar-refractivity contribution is 7.80. The summed E-state index contributed by atoms with van der Waals surface area (Å²) in [7, 11) is 0. The van der Waals surface area contributed by atoms with Crippen molar-refractivity contribution in [1.29, 1.82) is 0 Å². The maximum absolute atomic E-state index is 13.8. The molecule has 1 aliphatic rings. The second-order valence-electron chi connectivity index (χ2n) is 5.19. The number of benzene rings is 1. The summed E-state index contributed by atoms with van der Waals surface area (Å²) in [4.78, 5) is 12.5.